The molecule has 0 aliphatic carbocycles. The maximum Gasteiger partial charge on any atom is 0.318 e. The molecule has 0 aliphatic rings. The lowest BCUT2D eigenvalue weighted by atomic mass is 10.2. The van der Waals surface area contributed by atoms with Gasteiger partial charge in [0.1, 0.15) is 5.75 Å². The SMILES string of the molecule is CCN(CC)c1nnc(-c2ccc(OC)cc2)o1. The summed E-state index contributed by atoms with van der Waals surface area (Å²) in [7, 11) is 1.64. The van der Waals surface area contributed by atoms with Crippen molar-refractivity contribution >= 4 is 6.01 Å². The van der Waals surface area contributed by atoms with Crippen molar-refractivity contribution in [3.05, 3.63) is 24.3 Å². The standard InChI is InChI=1S/C13H17N3O2/c1-4-16(5-2)13-15-14-12(18-13)10-6-8-11(17-3)9-7-10/h6-9H,4-5H2,1-3H3. The molecule has 96 valence electrons. The first kappa shape index (κ1) is 12.4. The fourth-order valence-corrected chi connectivity index (χ4v) is 1.69. The number of anilines is 1. The van der Waals surface area contributed by atoms with E-state index >= 15 is 0 Å². The summed E-state index contributed by atoms with van der Waals surface area (Å²) in [5, 5.41) is 8.11. The smallest absolute Gasteiger partial charge is 0.318 e. The van der Waals surface area contributed by atoms with Gasteiger partial charge in [-0.2, -0.15) is 0 Å². The van der Waals surface area contributed by atoms with Crippen LogP contribution in [0.5, 0.6) is 5.75 Å². The van der Waals surface area contributed by atoms with E-state index in [1.807, 2.05) is 29.2 Å². The summed E-state index contributed by atoms with van der Waals surface area (Å²) in [5.74, 6) is 1.33. The molecule has 0 saturated heterocycles. The van der Waals surface area contributed by atoms with Crippen LogP contribution in [0.4, 0.5) is 6.01 Å². The van der Waals surface area contributed by atoms with E-state index in [0.29, 0.717) is 11.9 Å². The third-order valence-corrected chi connectivity index (χ3v) is 2.79. The third kappa shape index (κ3) is 2.45. The van der Waals surface area contributed by atoms with Crippen molar-refractivity contribution in [2.24, 2.45) is 0 Å². The Hall–Kier alpha value is -2.04. The summed E-state index contributed by atoms with van der Waals surface area (Å²) in [6.07, 6.45) is 0. The zero-order chi connectivity index (χ0) is 13.0. The molecule has 0 radical (unpaired) electrons. The maximum atomic E-state index is 5.65. The van der Waals surface area contributed by atoms with E-state index in [4.69, 9.17) is 9.15 Å². The second-order valence-electron chi connectivity index (χ2n) is 3.79. The molecule has 0 bridgehead atoms. The van der Waals surface area contributed by atoms with Crippen LogP contribution in [0.2, 0.25) is 0 Å². The van der Waals surface area contributed by atoms with Crippen LogP contribution in [-0.4, -0.2) is 30.4 Å². The van der Waals surface area contributed by atoms with E-state index in [0.717, 1.165) is 24.4 Å². The van der Waals surface area contributed by atoms with Gasteiger partial charge in [-0.05, 0) is 38.1 Å². The number of ether oxygens (including phenoxy) is 1. The molecular weight excluding hydrogens is 230 g/mol. The molecule has 0 atom stereocenters. The number of hydrogen-bond acceptors (Lipinski definition) is 5. The van der Waals surface area contributed by atoms with Gasteiger partial charge in [0, 0.05) is 18.7 Å². The van der Waals surface area contributed by atoms with E-state index in [1.165, 1.54) is 0 Å². The zero-order valence-electron chi connectivity index (χ0n) is 10.9. The van der Waals surface area contributed by atoms with Gasteiger partial charge in [0.05, 0.1) is 7.11 Å². The lowest BCUT2D eigenvalue weighted by Gasteiger charge is -2.13. The minimum absolute atomic E-state index is 0.527. The molecule has 5 nitrogen and oxygen atoms in total. The largest absolute Gasteiger partial charge is 0.497 e. The molecule has 5 heteroatoms. The van der Waals surface area contributed by atoms with Crippen LogP contribution in [-0.2, 0) is 0 Å². The molecule has 1 aromatic heterocycles. The monoisotopic (exact) mass is 247 g/mol. The van der Waals surface area contributed by atoms with Crippen molar-refractivity contribution in [1.82, 2.24) is 10.2 Å². The molecule has 18 heavy (non-hydrogen) atoms. The summed E-state index contributed by atoms with van der Waals surface area (Å²) < 4.78 is 10.8. The average molecular weight is 247 g/mol. The Balaban J connectivity index is 2.23. The van der Waals surface area contributed by atoms with Gasteiger partial charge in [-0.3, -0.25) is 0 Å². The third-order valence-electron chi connectivity index (χ3n) is 2.79. The summed E-state index contributed by atoms with van der Waals surface area (Å²) in [5.41, 5.74) is 0.890. The molecule has 0 amide bonds. The van der Waals surface area contributed by atoms with Gasteiger partial charge in [-0.1, -0.05) is 5.10 Å². The summed E-state index contributed by atoms with van der Waals surface area (Å²) >= 11 is 0. The second-order valence-corrected chi connectivity index (χ2v) is 3.79. The molecule has 0 N–H and O–H groups in total. The van der Waals surface area contributed by atoms with Gasteiger partial charge >= 0.3 is 6.01 Å². The Bertz CT molecular complexity index is 489. The van der Waals surface area contributed by atoms with Crippen LogP contribution in [0.15, 0.2) is 28.7 Å². The van der Waals surface area contributed by atoms with E-state index < -0.39 is 0 Å². The number of nitrogens with zero attached hydrogens (tertiary/aromatic N) is 3. The van der Waals surface area contributed by atoms with Gasteiger partial charge in [0.2, 0.25) is 5.89 Å². The van der Waals surface area contributed by atoms with Gasteiger partial charge in [-0.15, -0.1) is 5.10 Å². The minimum Gasteiger partial charge on any atom is -0.497 e. The first-order valence-electron chi connectivity index (χ1n) is 6.01. The number of rotatable bonds is 5. The summed E-state index contributed by atoms with van der Waals surface area (Å²) in [6.45, 7) is 5.81. The molecule has 0 saturated carbocycles. The normalized spacial score (nSPS) is 10.4. The van der Waals surface area contributed by atoms with Crippen LogP contribution in [0.3, 0.4) is 0 Å². The second kappa shape index (κ2) is 5.53. The summed E-state index contributed by atoms with van der Waals surface area (Å²) in [4.78, 5) is 2.01. The van der Waals surface area contributed by atoms with Crippen molar-refractivity contribution in [2.45, 2.75) is 13.8 Å². The Morgan fingerprint density at radius 2 is 1.78 bits per heavy atom. The zero-order valence-corrected chi connectivity index (χ0v) is 10.9. The molecule has 1 aromatic carbocycles. The van der Waals surface area contributed by atoms with Crippen LogP contribution in [0.25, 0.3) is 11.5 Å². The highest BCUT2D eigenvalue weighted by Crippen LogP contribution is 2.23. The highest BCUT2D eigenvalue weighted by atomic mass is 16.5. The fourth-order valence-electron chi connectivity index (χ4n) is 1.69. The van der Waals surface area contributed by atoms with Gasteiger partial charge in [-0.25, -0.2) is 0 Å². The first-order valence-corrected chi connectivity index (χ1v) is 6.01. The fraction of sp³-hybridized carbons (Fsp3) is 0.385. The van der Waals surface area contributed by atoms with Gasteiger partial charge in [0.25, 0.3) is 0 Å². The van der Waals surface area contributed by atoms with E-state index in [-0.39, 0.29) is 0 Å². The van der Waals surface area contributed by atoms with E-state index in [2.05, 4.69) is 24.0 Å². The first-order chi connectivity index (χ1) is 8.78. The van der Waals surface area contributed by atoms with Crippen LogP contribution in [0.1, 0.15) is 13.8 Å². The number of hydrogen-bond donors (Lipinski definition) is 0. The average Bonchev–Trinajstić information content (AvgIpc) is 2.90. The minimum atomic E-state index is 0.527. The molecule has 1 heterocycles. The number of benzene rings is 1. The summed E-state index contributed by atoms with van der Waals surface area (Å²) in [6, 6.07) is 8.11. The van der Waals surface area contributed by atoms with Crippen molar-refractivity contribution in [3.8, 4) is 17.2 Å². The Morgan fingerprint density at radius 1 is 1.11 bits per heavy atom. The van der Waals surface area contributed by atoms with Crippen LogP contribution >= 0.6 is 0 Å². The predicted octanol–water partition coefficient (Wildman–Crippen LogP) is 2.59. The van der Waals surface area contributed by atoms with Crippen molar-refractivity contribution in [1.29, 1.82) is 0 Å². The lowest BCUT2D eigenvalue weighted by molar-refractivity contribution is 0.415. The van der Waals surface area contributed by atoms with Crippen molar-refractivity contribution in [2.75, 3.05) is 25.1 Å². The maximum absolute atomic E-state index is 5.65. The molecule has 0 spiro atoms. The quantitative estimate of drug-likeness (QED) is 0.812. The van der Waals surface area contributed by atoms with E-state index in [1.54, 1.807) is 7.11 Å². The highest BCUT2D eigenvalue weighted by molar-refractivity contribution is 5.55. The Morgan fingerprint density at radius 3 is 2.33 bits per heavy atom. The molecular formula is C13H17N3O2. The Labute approximate surface area is 106 Å². The highest BCUT2D eigenvalue weighted by Gasteiger charge is 2.12. The van der Waals surface area contributed by atoms with Crippen molar-refractivity contribution < 1.29 is 9.15 Å². The van der Waals surface area contributed by atoms with Gasteiger partial charge in [0.15, 0.2) is 0 Å². The van der Waals surface area contributed by atoms with Crippen molar-refractivity contribution in [3.63, 3.8) is 0 Å². The van der Waals surface area contributed by atoms with Crippen LogP contribution < -0.4 is 9.64 Å². The molecule has 0 aliphatic heterocycles. The predicted molar refractivity (Wildman–Crippen MR) is 69.8 cm³/mol. The van der Waals surface area contributed by atoms with Gasteiger partial charge < -0.3 is 14.1 Å². The van der Waals surface area contributed by atoms with Crippen LogP contribution in [0, 0.1) is 0 Å². The molecule has 0 unspecified atom stereocenters. The lowest BCUT2D eigenvalue weighted by Crippen LogP contribution is -2.21. The van der Waals surface area contributed by atoms with E-state index in [9.17, 15) is 0 Å². The number of methoxy groups -OCH3 is 1. The topological polar surface area (TPSA) is 51.4 Å². The molecule has 0 fully saturated rings. The number of aromatic nitrogens is 2. The molecule has 2 rings (SSSR count). The Kier molecular flexibility index (Phi) is 3.82. The molecule has 2 aromatic rings.